The molecule has 0 aliphatic rings. The van der Waals surface area contributed by atoms with Crippen LogP contribution in [0, 0.1) is 0 Å². The van der Waals surface area contributed by atoms with Gasteiger partial charge in [-0.15, -0.1) is 0 Å². The molecule has 0 fully saturated rings. The average Bonchev–Trinajstić information content (AvgIpc) is 2.45. The molecule has 142 valence electrons. The maximum Gasteiger partial charge on any atom is 0.433 e. The van der Waals surface area contributed by atoms with Crippen LogP contribution < -0.4 is 0 Å². The Morgan fingerprint density at radius 2 is 1.92 bits per heavy atom. The summed E-state index contributed by atoms with van der Waals surface area (Å²) in [5.74, 6) is -0.479. The molecule has 1 atom stereocenters. The highest BCUT2D eigenvalue weighted by Crippen LogP contribution is 2.30. The van der Waals surface area contributed by atoms with E-state index in [1.807, 2.05) is 0 Å². The maximum atomic E-state index is 12.8. The lowest BCUT2D eigenvalue weighted by molar-refractivity contribution is -0.141. The van der Waals surface area contributed by atoms with Crippen LogP contribution in [0.15, 0.2) is 12.1 Å². The molecule has 9 heteroatoms. The molecule has 0 aromatic carbocycles. The molecule has 0 saturated heterocycles. The molecular formula is C16H23F3N2O4. The van der Waals surface area contributed by atoms with Crippen LogP contribution in [0.5, 0.6) is 5.75 Å². The van der Waals surface area contributed by atoms with Crippen molar-refractivity contribution in [2.45, 2.75) is 58.5 Å². The predicted molar refractivity (Wildman–Crippen MR) is 83.8 cm³/mol. The lowest BCUT2D eigenvalue weighted by Gasteiger charge is -2.28. The summed E-state index contributed by atoms with van der Waals surface area (Å²) in [5.41, 5.74) is -2.33. The van der Waals surface area contributed by atoms with E-state index >= 15 is 0 Å². The third-order valence-corrected chi connectivity index (χ3v) is 3.14. The number of nitrogens with zero attached hydrogens (tertiary/aromatic N) is 2. The molecule has 1 amide bonds. The average molecular weight is 364 g/mol. The summed E-state index contributed by atoms with van der Waals surface area (Å²) < 4.78 is 43.6. The van der Waals surface area contributed by atoms with Crippen molar-refractivity contribution in [3.05, 3.63) is 23.5 Å². The number of hydrogen-bond acceptors (Lipinski definition) is 5. The van der Waals surface area contributed by atoms with Gasteiger partial charge in [-0.25, -0.2) is 9.78 Å². The summed E-state index contributed by atoms with van der Waals surface area (Å²) in [7, 11) is 0. The molecule has 0 radical (unpaired) electrons. The number of alkyl halides is 3. The van der Waals surface area contributed by atoms with Crippen LogP contribution in [-0.4, -0.2) is 44.4 Å². The van der Waals surface area contributed by atoms with Crippen LogP contribution in [-0.2, 0) is 17.5 Å². The van der Waals surface area contributed by atoms with Gasteiger partial charge in [0.05, 0.1) is 19.2 Å². The number of aliphatic hydroxyl groups is 1. The lowest BCUT2D eigenvalue weighted by atomic mass is 10.2. The number of aromatic hydroxyl groups is 1. The zero-order valence-corrected chi connectivity index (χ0v) is 14.6. The van der Waals surface area contributed by atoms with Crippen molar-refractivity contribution in [1.29, 1.82) is 0 Å². The number of amides is 1. The molecule has 1 rings (SSSR count). The van der Waals surface area contributed by atoms with Gasteiger partial charge in [-0.3, -0.25) is 4.90 Å². The van der Waals surface area contributed by atoms with Gasteiger partial charge in [0.15, 0.2) is 0 Å². The minimum Gasteiger partial charge on any atom is -0.506 e. The van der Waals surface area contributed by atoms with Crippen molar-refractivity contribution in [2.24, 2.45) is 0 Å². The van der Waals surface area contributed by atoms with Crippen LogP contribution in [0.25, 0.3) is 0 Å². The predicted octanol–water partition coefficient (Wildman–Crippen LogP) is 3.31. The van der Waals surface area contributed by atoms with Gasteiger partial charge in [0, 0.05) is 0 Å². The molecule has 0 saturated carbocycles. The topological polar surface area (TPSA) is 82.9 Å². The van der Waals surface area contributed by atoms with E-state index in [1.54, 1.807) is 27.7 Å². The lowest BCUT2D eigenvalue weighted by Crippen LogP contribution is -2.40. The fraction of sp³-hybridized carbons (Fsp3) is 0.625. The van der Waals surface area contributed by atoms with Crippen molar-refractivity contribution >= 4 is 6.09 Å². The number of pyridine rings is 1. The van der Waals surface area contributed by atoms with Gasteiger partial charge in [0.1, 0.15) is 22.7 Å². The van der Waals surface area contributed by atoms with E-state index in [9.17, 15) is 28.2 Å². The second kappa shape index (κ2) is 7.90. The number of carbonyl (C=O) groups is 1. The second-order valence-electron chi connectivity index (χ2n) is 6.58. The smallest absolute Gasteiger partial charge is 0.433 e. The first-order valence-electron chi connectivity index (χ1n) is 7.75. The minimum atomic E-state index is -4.68. The normalized spacial score (nSPS) is 13.4. The third-order valence-electron chi connectivity index (χ3n) is 3.14. The van der Waals surface area contributed by atoms with Gasteiger partial charge >= 0.3 is 12.3 Å². The highest BCUT2D eigenvalue weighted by Gasteiger charge is 2.33. The molecule has 2 N–H and O–H groups in total. The highest BCUT2D eigenvalue weighted by atomic mass is 19.4. The molecule has 0 aliphatic carbocycles. The largest absolute Gasteiger partial charge is 0.506 e. The monoisotopic (exact) mass is 364 g/mol. The Morgan fingerprint density at radius 3 is 2.40 bits per heavy atom. The quantitative estimate of drug-likeness (QED) is 0.838. The molecule has 1 aromatic rings. The van der Waals surface area contributed by atoms with Crippen molar-refractivity contribution in [3.8, 4) is 5.75 Å². The van der Waals surface area contributed by atoms with Crippen LogP contribution in [0.3, 0.4) is 0 Å². The zero-order valence-electron chi connectivity index (χ0n) is 14.6. The van der Waals surface area contributed by atoms with E-state index in [2.05, 4.69) is 4.98 Å². The first-order valence-corrected chi connectivity index (χ1v) is 7.75. The fourth-order valence-corrected chi connectivity index (χ4v) is 1.86. The number of carbonyl (C=O) groups excluding carboxylic acids is 1. The summed E-state index contributed by atoms with van der Waals surface area (Å²) in [4.78, 5) is 16.7. The number of halogens is 3. The van der Waals surface area contributed by atoms with Crippen LogP contribution in [0.2, 0.25) is 0 Å². The Balaban J connectivity index is 3.10. The molecule has 0 aliphatic heterocycles. The number of aromatic nitrogens is 1. The van der Waals surface area contributed by atoms with Crippen LogP contribution >= 0.6 is 0 Å². The summed E-state index contributed by atoms with van der Waals surface area (Å²) in [6.45, 7) is 6.01. The number of hydrogen-bond donors (Lipinski definition) is 2. The second-order valence-corrected chi connectivity index (χ2v) is 6.58. The van der Waals surface area contributed by atoms with Gasteiger partial charge in [-0.2, -0.15) is 13.2 Å². The molecule has 1 heterocycles. The fourth-order valence-electron chi connectivity index (χ4n) is 1.86. The van der Waals surface area contributed by atoms with Crippen LogP contribution in [0.4, 0.5) is 18.0 Å². The molecule has 1 aromatic heterocycles. The Bertz CT molecular complexity index is 600. The van der Waals surface area contributed by atoms with E-state index in [0.717, 1.165) is 11.0 Å². The Morgan fingerprint density at radius 1 is 1.32 bits per heavy atom. The molecule has 0 spiro atoms. The van der Waals surface area contributed by atoms with E-state index in [1.165, 1.54) is 0 Å². The van der Waals surface area contributed by atoms with Crippen molar-refractivity contribution in [3.63, 3.8) is 0 Å². The molecule has 25 heavy (non-hydrogen) atoms. The number of rotatable bonds is 5. The van der Waals surface area contributed by atoms with Gasteiger partial charge in [0.25, 0.3) is 0 Å². The van der Waals surface area contributed by atoms with Gasteiger partial charge in [-0.1, -0.05) is 6.92 Å². The number of ether oxygens (including phenoxy) is 1. The summed E-state index contributed by atoms with van der Waals surface area (Å²) in [6.07, 6.45) is -6.05. The van der Waals surface area contributed by atoms with E-state index < -0.39 is 42.0 Å². The first kappa shape index (κ1) is 21.0. The van der Waals surface area contributed by atoms with Gasteiger partial charge in [-0.05, 0) is 39.3 Å². The van der Waals surface area contributed by atoms with Gasteiger partial charge < -0.3 is 14.9 Å². The SMILES string of the molecule is CC[C@H](O)CN(Cc1nc(C(F)(F)F)ccc1O)C(=O)OC(C)(C)C. The molecule has 6 nitrogen and oxygen atoms in total. The van der Waals surface area contributed by atoms with E-state index in [-0.39, 0.29) is 12.2 Å². The summed E-state index contributed by atoms with van der Waals surface area (Å²) >= 11 is 0. The molecule has 0 unspecified atom stereocenters. The Hall–Kier alpha value is -2.03. The Labute approximate surface area is 144 Å². The zero-order chi connectivity index (χ0) is 19.4. The van der Waals surface area contributed by atoms with Crippen molar-refractivity contribution in [2.75, 3.05) is 6.54 Å². The summed E-state index contributed by atoms with van der Waals surface area (Å²) in [5, 5.41) is 19.6. The van der Waals surface area contributed by atoms with Crippen LogP contribution in [0.1, 0.15) is 45.5 Å². The minimum absolute atomic E-state index is 0.164. The van der Waals surface area contributed by atoms with E-state index in [4.69, 9.17) is 4.74 Å². The van der Waals surface area contributed by atoms with E-state index in [0.29, 0.717) is 12.5 Å². The Kier molecular flexibility index (Phi) is 6.64. The molecule has 0 bridgehead atoms. The van der Waals surface area contributed by atoms with Crippen molar-refractivity contribution < 1.29 is 32.9 Å². The third kappa shape index (κ3) is 6.77. The highest BCUT2D eigenvalue weighted by molar-refractivity contribution is 5.68. The van der Waals surface area contributed by atoms with Gasteiger partial charge in [0.2, 0.25) is 0 Å². The van der Waals surface area contributed by atoms with Crippen molar-refractivity contribution in [1.82, 2.24) is 9.88 Å². The standard InChI is InChI=1S/C16H23F3N2O4/c1-5-10(22)8-21(14(24)25-15(2,3)4)9-11-12(23)6-7-13(20-11)16(17,18)19/h6-7,10,22-23H,5,8-9H2,1-4H3/t10-/m0/s1. The summed E-state index contributed by atoms with van der Waals surface area (Å²) in [6, 6.07) is 1.52. The first-order chi connectivity index (χ1) is 11.3. The maximum absolute atomic E-state index is 12.8. The number of aliphatic hydroxyl groups excluding tert-OH is 1. The molecular weight excluding hydrogens is 341 g/mol.